The first-order chi connectivity index (χ1) is 7.57. The van der Waals surface area contributed by atoms with Gasteiger partial charge in [-0.2, -0.15) is 0 Å². The maximum atomic E-state index is 11.8. The van der Waals surface area contributed by atoms with Crippen LogP contribution in [0.15, 0.2) is 36.4 Å². The summed E-state index contributed by atoms with van der Waals surface area (Å²) < 4.78 is 0. The van der Waals surface area contributed by atoms with Gasteiger partial charge in [0.2, 0.25) is 0 Å². The van der Waals surface area contributed by atoms with Crippen LogP contribution >= 0.6 is 0 Å². The normalized spacial score (nSPS) is 20.1. The van der Waals surface area contributed by atoms with E-state index < -0.39 is 0 Å². The Morgan fingerprint density at radius 1 is 1.19 bits per heavy atom. The van der Waals surface area contributed by atoms with Gasteiger partial charge >= 0.3 is 0 Å². The summed E-state index contributed by atoms with van der Waals surface area (Å²) in [7, 11) is 0. The molecule has 1 aromatic carbocycles. The third kappa shape index (κ3) is 2.58. The standard InChI is InChI=1S/C14H17NO/c1-14(2)9-13(16)8-12(10-15-14)11-6-4-3-5-7-11/h3-8,15H,9-10H2,1-2H3/p+1. The highest BCUT2D eigenvalue weighted by Gasteiger charge is 2.27. The minimum atomic E-state index is 0.0180. The summed E-state index contributed by atoms with van der Waals surface area (Å²) in [6, 6.07) is 10.1. The lowest BCUT2D eigenvalue weighted by Gasteiger charge is -2.19. The van der Waals surface area contributed by atoms with Gasteiger partial charge in [-0.25, -0.2) is 0 Å². The van der Waals surface area contributed by atoms with Crippen LogP contribution in [-0.2, 0) is 4.79 Å². The summed E-state index contributed by atoms with van der Waals surface area (Å²) in [5.41, 5.74) is 2.31. The average Bonchev–Trinajstić information content (AvgIpc) is 2.37. The zero-order chi connectivity index (χ0) is 11.6. The molecular weight excluding hydrogens is 198 g/mol. The Labute approximate surface area is 96.4 Å². The second-order valence-electron chi connectivity index (χ2n) is 5.08. The van der Waals surface area contributed by atoms with E-state index in [1.54, 1.807) is 6.08 Å². The fraction of sp³-hybridized carbons (Fsp3) is 0.357. The van der Waals surface area contributed by atoms with Gasteiger partial charge in [0, 0.05) is 5.57 Å². The smallest absolute Gasteiger partial charge is 0.162 e. The maximum absolute atomic E-state index is 11.8. The topological polar surface area (TPSA) is 33.7 Å². The third-order valence-corrected chi connectivity index (χ3v) is 2.98. The Morgan fingerprint density at radius 3 is 2.56 bits per heavy atom. The molecule has 1 aromatic rings. The predicted molar refractivity (Wildman–Crippen MR) is 64.9 cm³/mol. The van der Waals surface area contributed by atoms with Crippen molar-refractivity contribution in [2.24, 2.45) is 0 Å². The summed E-state index contributed by atoms with van der Waals surface area (Å²) in [6.07, 6.45) is 2.42. The molecule has 0 aromatic heterocycles. The molecular formula is C14H18NO+. The summed E-state index contributed by atoms with van der Waals surface area (Å²) in [5, 5.41) is 2.25. The molecule has 0 amide bonds. The Kier molecular flexibility index (Phi) is 2.92. The summed E-state index contributed by atoms with van der Waals surface area (Å²) in [5.74, 6) is 0.234. The van der Waals surface area contributed by atoms with Crippen molar-refractivity contribution in [1.29, 1.82) is 0 Å². The largest absolute Gasteiger partial charge is 0.338 e. The van der Waals surface area contributed by atoms with Crippen molar-refractivity contribution in [2.75, 3.05) is 6.54 Å². The molecule has 1 heterocycles. The number of quaternary nitrogens is 1. The summed E-state index contributed by atoms with van der Waals surface area (Å²) in [6.45, 7) is 5.11. The number of hydrogen-bond donors (Lipinski definition) is 1. The van der Waals surface area contributed by atoms with Gasteiger partial charge in [-0.1, -0.05) is 30.3 Å². The Bertz CT molecular complexity index is 418. The monoisotopic (exact) mass is 216 g/mol. The molecule has 0 saturated carbocycles. The molecule has 1 aliphatic heterocycles. The highest BCUT2D eigenvalue weighted by molar-refractivity contribution is 5.97. The molecule has 2 rings (SSSR count). The molecule has 0 unspecified atom stereocenters. The molecule has 2 heteroatoms. The fourth-order valence-corrected chi connectivity index (χ4v) is 2.07. The molecule has 2 N–H and O–H groups in total. The van der Waals surface area contributed by atoms with Crippen molar-refractivity contribution in [1.82, 2.24) is 0 Å². The van der Waals surface area contributed by atoms with Crippen molar-refractivity contribution >= 4 is 11.4 Å². The zero-order valence-electron chi connectivity index (χ0n) is 9.86. The van der Waals surface area contributed by atoms with Crippen LogP contribution in [0.2, 0.25) is 0 Å². The molecule has 0 radical (unpaired) electrons. The van der Waals surface area contributed by atoms with Crippen LogP contribution in [0.4, 0.5) is 0 Å². The average molecular weight is 216 g/mol. The van der Waals surface area contributed by atoms with Gasteiger partial charge in [0.25, 0.3) is 0 Å². The van der Waals surface area contributed by atoms with E-state index in [2.05, 4.69) is 31.3 Å². The van der Waals surface area contributed by atoms with Gasteiger partial charge in [-0.15, -0.1) is 0 Å². The SMILES string of the molecule is CC1(C)CC(=O)C=C(c2ccccc2)C[NH2+]1. The zero-order valence-corrected chi connectivity index (χ0v) is 9.86. The highest BCUT2D eigenvalue weighted by atomic mass is 16.1. The number of rotatable bonds is 1. The number of nitrogens with two attached hydrogens (primary N) is 1. The molecule has 0 atom stereocenters. The third-order valence-electron chi connectivity index (χ3n) is 2.98. The maximum Gasteiger partial charge on any atom is 0.162 e. The molecule has 0 spiro atoms. The summed E-state index contributed by atoms with van der Waals surface area (Å²) in [4.78, 5) is 11.8. The number of benzene rings is 1. The first-order valence-corrected chi connectivity index (χ1v) is 5.70. The summed E-state index contributed by atoms with van der Waals surface area (Å²) >= 11 is 0. The van der Waals surface area contributed by atoms with E-state index in [-0.39, 0.29) is 11.3 Å². The molecule has 16 heavy (non-hydrogen) atoms. The quantitative estimate of drug-likeness (QED) is 0.756. The van der Waals surface area contributed by atoms with Crippen LogP contribution in [0.5, 0.6) is 0 Å². The molecule has 0 aliphatic carbocycles. The molecule has 0 bridgehead atoms. The molecule has 2 nitrogen and oxygen atoms in total. The van der Waals surface area contributed by atoms with Gasteiger partial charge in [0.15, 0.2) is 5.78 Å². The Hall–Kier alpha value is -1.41. The van der Waals surface area contributed by atoms with E-state index in [9.17, 15) is 4.79 Å². The number of hydrogen-bond acceptors (Lipinski definition) is 1. The van der Waals surface area contributed by atoms with E-state index in [0.29, 0.717) is 6.42 Å². The van der Waals surface area contributed by atoms with Gasteiger partial charge in [-0.3, -0.25) is 4.79 Å². The number of allylic oxidation sites excluding steroid dienone is 1. The van der Waals surface area contributed by atoms with Crippen molar-refractivity contribution < 1.29 is 10.1 Å². The lowest BCUT2D eigenvalue weighted by atomic mass is 9.99. The molecule has 1 aliphatic rings. The molecule has 84 valence electrons. The van der Waals surface area contributed by atoms with Crippen LogP contribution in [0.1, 0.15) is 25.8 Å². The highest BCUT2D eigenvalue weighted by Crippen LogP contribution is 2.16. The van der Waals surface area contributed by atoms with Crippen LogP contribution in [0.25, 0.3) is 5.57 Å². The van der Waals surface area contributed by atoms with Crippen molar-refractivity contribution in [2.45, 2.75) is 25.8 Å². The van der Waals surface area contributed by atoms with Crippen LogP contribution in [0, 0.1) is 0 Å². The van der Waals surface area contributed by atoms with Gasteiger partial charge in [0.1, 0.15) is 6.54 Å². The van der Waals surface area contributed by atoms with Gasteiger partial charge in [0.05, 0.1) is 12.0 Å². The first kappa shape index (κ1) is 11.1. The van der Waals surface area contributed by atoms with E-state index in [1.165, 1.54) is 0 Å². The van der Waals surface area contributed by atoms with E-state index >= 15 is 0 Å². The Morgan fingerprint density at radius 2 is 1.88 bits per heavy atom. The van der Waals surface area contributed by atoms with Crippen LogP contribution in [0.3, 0.4) is 0 Å². The van der Waals surface area contributed by atoms with E-state index in [4.69, 9.17) is 0 Å². The molecule has 0 fully saturated rings. The second-order valence-corrected chi connectivity index (χ2v) is 5.08. The minimum Gasteiger partial charge on any atom is -0.338 e. The lowest BCUT2D eigenvalue weighted by Crippen LogP contribution is -2.95. The molecule has 0 saturated heterocycles. The number of ketones is 1. The predicted octanol–water partition coefficient (Wildman–Crippen LogP) is 1.38. The van der Waals surface area contributed by atoms with E-state index in [0.717, 1.165) is 17.7 Å². The van der Waals surface area contributed by atoms with Crippen LogP contribution in [-0.4, -0.2) is 17.9 Å². The van der Waals surface area contributed by atoms with Gasteiger partial charge in [-0.05, 0) is 25.5 Å². The Balaban J connectivity index is 2.27. The van der Waals surface area contributed by atoms with Crippen molar-refractivity contribution in [3.8, 4) is 0 Å². The second kappa shape index (κ2) is 4.22. The van der Waals surface area contributed by atoms with Crippen molar-refractivity contribution in [3.63, 3.8) is 0 Å². The number of carbonyl (C=O) groups is 1. The lowest BCUT2D eigenvalue weighted by molar-refractivity contribution is -0.709. The fourth-order valence-electron chi connectivity index (χ4n) is 2.07. The van der Waals surface area contributed by atoms with Gasteiger partial charge < -0.3 is 5.32 Å². The first-order valence-electron chi connectivity index (χ1n) is 5.70. The van der Waals surface area contributed by atoms with E-state index in [1.807, 2.05) is 18.2 Å². The number of carbonyl (C=O) groups excluding carboxylic acids is 1. The van der Waals surface area contributed by atoms with Crippen molar-refractivity contribution in [3.05, 3.63) is 42.0 Å². The van der Waals surface area contributed by atoms with Crippen LogP contribution < -0.4 is 5.32 Å². The minimum absolute atomic E-state index is 0.0180.